The zero-order valence-corrected chi connectivity index (χ0v) is 9.57. The van der Waals surface area contributed by atoms with Gasteiger partial charge in [0.1, 0.15) is 6.33 Å². The highest BCUT2D eigenvalue weighted by Crippen LogP contribution is 2.19. The first-order valence-electron chi connectivity index (χ1n) is 5.14. The molecule has 0 amide bonds. The molecular formula is C9H16N4OS. The average molecular weight is 228 g/mol. The summed E-state index contributed by atoms with van der Waals surface area (Å²) in [4.78, 5) is 0. The Morgan fingerprint density at radius 2 is 2.53 bits per heavy atom. The van der Waals surface area contributed by atoms with Gasteiger partial charge in [-0.25, -0.2) is 0 Å². The SMILES string of the molecule is Cn1cnnc1SCC(O)CNC1CC1. The van der Waals surface area contributed by atoms with E-state index >= 15 is 0 Å². The number of hydrogen-bond acceptors (Lipinski definition) is 5. The fourth-order valence-electron chi connectivity index (χ4n) is 1.22. The number of nitrogens with one attached hydrogen (secondary N) is 1. The summed E-state index contributed by atoms with van der Waals surface area (Å²) in [6.45, 7) is 0.676. The van der Waals surface area contributed by atoms with Crippen LogP contribution in [0.15, 0.2) is 11.5 Å². The first-order chi connectivity index (χ1) is 7.25. The molecule has 1 atom stereocenters. The van der Waals surface area contributed by atoms with Crippen molar-refractivity contribution in [2.45, 2.75) is 30.1 Å². The van der Waals surface area contributed by atoms with Crippen molar-refractivity contribution in [1.29, 1.82) is 0 Å². The van der Waals surface area contributed by atoms with Crippen LogP contribution >= 0.6 is 11.8 Å². The van der Waals surface area contributed by atoms with Crippen molar-refractivity contribution in [1.82, 2.24) is 20.1 Å². The van der Waals surface area contributed by atoms with Crippen molar-refractivity contribution < 1.29 is 5.11 Å². The fourth-order valence-corrected chi connectivity index (χ4v) is 2.04. The van der Waals surface area contributed by atoms with Crippen molar-refractivity contribution in [2.75, 3.05) is 12.3 Å². The van der Waals surface area contributed by atoms with Crippen molar-refractivity contribution >= 4 is 11.8 Å². The summed E-state index contributed by atoms with van der Waals surface area (Å²) in [5.41, 5.74) is 0. The molecule has 0 radical (unpaired) electrons. The van der Waals surface area contributed by atoms with Gasteiger partial charge in [-0.2, -0.15) is 0 Å². The number of thioether (sulfide) groups is 1. The zero-order chi connectivity index (χ0) is 10.7. The van der Waals surface area contributed by atoms with Gasteiger partial charge in [0.05, 0.1) is 6.10 Å². The minimum absolute atomic E-state index is 0.313. The molecule has 0 spiro atoms. The van der Waals surface area contributed by atoms with E-state index in [0.29, 0.717) is 18.3 Å². The van der Waals surface area contributed by atoms with Crippen LogP contribution in [0.3, 0.4) is 0 Å². The van der Waals surface area contributed by atoms with Crippen LogP contribution in [0.2, 0.25) is 0 Å². The van der Waals surface area contributed by atoms with E-state index in [0.717, 1.165) is 5.16 Å². The molecule has 1 aromatic heterocycles. The largest absolute Gasteiger partial charge is 0.391 e. The fraction of sp³-hybridized carbons (Fsp3) is 0.778. The van der Waals surface area contributed by atoms with E-state index < -0.39 is 0 Å². The molecule has 1 heterocycles. The molecule has 0 saturated heterocycles. The Bertz CT molecular complexity index is 313. The topological polar surface area (TPSA) is 63.0 Å². The average Bonchev–Trinajstić information content (AvgIpc) is 2.96. The monoisotopic (exact) mass is 228 g/mol. The lowest BCUT2D eigenvalue weighted by Crippen LogP contribution is -2.29. The summed E-state index contributed by atoms with van der Waals surface area (Å²) in [5, 5.41) is 21.5. The minimum Gasteiger partial charge on any atom is -0.391 e. The highest BCUT2D eigenvalue weighted by molar-refractivity contribution is 7.99. The van der Waals surface area contributed by atoms with Gasteiger partial charge in [-0.05, 0) is 12.8 Å². The quantitative estimate of drug-likeness (QED) is 0.672. The van der Waals surface area contributed by atoms with Crippen LogP contribution < -0.4 is 5.32 Å². The summed E-state index contributed by atoms with van der Waals surface area (Å²) in [6, 6.07) is 0.652. The molecule has 1 saturated carbocycles. The van der Waals surface area contributed by atoms with Gasteiger partial charge in [-0.15, -0.1) is 10.2 Å². The Labute approximate surface area is 93.3 Å². The van der Waals surface area contributed by atoms with E-state index in [1.165, 1.54) is 24.6 Å². The standard InChI is InChI=1S/C9H16N4OS/c1-13-6-11-12-9(13)15-5-8(14)4-10-7-2-3-7/h6-8,10,14H,2-5H2,1H3. The van der Waals surface area contributed by atoms with Gasteiger partial charge in [0, 0.05) is 25.4 Å². The van der Waals surface area contributed by atoms with Crippen LogP contribution in [-0.2, 0) is 7.05 Å². The molecule has 84 valence electrons. The highest BCUT2D eigenvalue weighted by atomic mass is 32.2. The lowest BCUT2D eigenvalue weighted by atomic mass is 10.4. The van der Waals surface area contributed by atoms with Crippen molar-refractivity contribution in [3.8, 4) is 0 Å². The van der Waals surface area contributed by atoms with Crippen molar-refractivity contribution in [3.05, 3.63) is 6.33 Å². The molecule has 0 aromatic carbocycles. The molecule has 0 bridgehead atoms. The van der Waals surface area contributed by atoms with E-state index in [1.54, 1.807) is 6.33 Å². The number of aliphatic hydroxyl groups is 1. The number of rotatable bonds is 6. The van der Waals surface area contributed by atoms with Crippen LogP contribution in [0.4, 0.5) is 0 Å². The lowest BCUT2D eigenvalue weighted by molar-refractivity contribution is 0.195. The molecule has 2 rings (SSSR count). The van der Waals surface area contributed by atoms with Gasteiger partial charge >= 0.3 is 0 Å². The number of aryl methyl sites for hydroxylation is 1. The molecule has 5 nitrogen and oxygen atoms in total. The molecule has 6 heteroatoms. The maximum atomic E-state index is 9.67. The highest BCUT2D eigenvalue weighted by Gasteiger charge is 2.21. The van der Waals surface area contributed by atoms with Crippen molar-refractivity contribution in [3.63, 3.8) is 0 Å². The third-order valence-corrected chi connectivity index (χ3v) is 3.47. The first kappa shape index (κ1) is 10.9. The van der Waals surface area contributed by atoms with Crippen molar-refractivity contribution in [2.24, 2.45) is 7.05 Å². The van der Waals surface area contributed by atoms with E-state index in [2.05, 4.69) is 15.5 Å². The second-order valence-electron chi connectivity index (χ2n) is 3.87. The summed E-state index contributed by atoms with van der Waals surface area (Å²) < 4.78 is 1.85. The number of nitrogens with zero attached hydrogens (tertiary/aromatic N) is 3. The predicted molar refractivity (Wildman–Crippen MR) is 58.8 cm³/mol. The summed E-state index contributed by atoms with van der Waals surface area (Å²) >= 11 is 1.53. The third kappa shape index (κ3) is 3.48. The number of hydrogen-bond donors (Lipinski definition) is 2. The third-order valence-electron chi connectivity index (χ3n) is 2.29. The van der Waals surface area contributed by atoms with E-state index in [9.17, 15) is 5.11 Å². The molecular weight excluding hydrogens is 212 g/mol. The van der Waals surface area contributed by atoms with Crippen LogP contribution in [-0.4, -0.2) is 44.3 Å². The molecule has 1 aliphatic carbocycles. The maximum Gasteiger partial charge on any atom is 0.190 e. The summed E-state index contributed by atoms with van der Waals surface area (Å²) in [6.07, 6.45) is 3.86. The van der Waals surface area contributed by atoms with Gasteiger partial charge in [0.2, 0.25) is 0 Å². The molecule has 1 fully saturated rings. The van der Waals surface area contributed by atoms with Crippen LogP contribution in [0.5, 0.6) is 0 Å². The van der Waals surface area contributed by atoms with E-state index in [1.807, 2.05) is 11.6 Å². The molecule has 1 aliphatic rings. The predicted octanol–water partition coefficient (Wildman–Crippen LogP) is 0.0201. The van der Waals surface area contributed by atoms with Gasteiger partial charge in [0.25, 0.3) is 0 Å². The molecule has 0 aliphatic heterocycles. The van der Waals surface area contributed by atoms with Gasteiger partial charge in [0.15, 0.2) is 5.16 Å². The van der Waals surface area contributed by atoms with E-state index in [4.69, 9.17) is 0 Å². The summed E-state index contributed by atoms with van der Waals surface area (Å²) in [7, 11) is 1.90. The van der Waals surface area contributed by atoms with Crippen LogP contribution in [0, 0.1) is 0 Å². The Morgan fingerprint density at radius 1 is 1.73 bits per heavy atom. The van der Waals surface area contributed by atoms with Gasteiger partial charge < -0.3 is 15.0 Å². The van der Waals surface area contributed by atoms with Crippen LogP contribution in [0.1, 0.15) is 12.8 Å². The molecule has 1 unspecified atom stereocenters. The second-order valence-corrected chi connectivity index (χ2v) is 4.86. The number of aliphatic hydroxyl groups excluding tert-OH is 1. The first-order valence-corrected chi connectivity index (χ1v) is 6.12. The Kier molecular flexibility index (Phi) is 3.61. The maximum absolute atomic E-state index is 9.67. The summed E-state index contributed by atoms with van der Waals surface area (Å²) in [5.74, 6) is 0.659. The van der Waals surface area contributed by atoms with Crippen LogP contribution in [0.25, 0.3) is 0 Å². The Hall–Kier alpha value is -0.590. The van der Waals surface area contributed by atoms with Gasteiger partial charge in [-0.1, -0.05) is 11.8 Å². The van der Waals surface area contributed by atoms with Gasteiger partial charge in [-0.3, -0.25) is 0 Å². The zero-order valence-electron chi connectivity index (χ0n) is 8.76. The lowest BCUT2D eigenvalue weighted by Gasteiger charge is -2.10. The normalized spacial score (nSPS) is 18.0. The molecule has 1 aromatic rings. The molecule has 15 heavy (non-hydrogen) atoms. The second kappa shape index (κ2) is 4.96. The molecule has 2 N–H and O–H groups in total. The Balaban J connectivity index is 1.65. The Morgan fingerprint density at radius 3 is 3.13 bits per heavy atom. The smallest absolute Gasteiger partial charge is 0.190 e. The number of aromatic nitrogens is 3. The van der Waals surface area contributed by atoms with E-state index in [-0.39, 0.29) is 6.10 Å². The minimum atomic E-state index is -0.313.